The zero-order chi connectivity index (χ0) is 13.4. The van der Waals surface area contributed by atoms with Gasteiger partial charge < -0.3 is 5.73 Å². The Labute approximate surface area is 114 Å². The largest absolute Gasteiger partial charge is 0.327 e. The van der Waals surface area contributed by atoms with E-state index in [1.165, 1.54) is 29.7 Å². The Morgan fingerprint density at radius 1 is 1.42 bits per heavy atom. The van der Waals surface area contributed by atoms with Gasteiger partial charge in [0.2, 0.25) is 0 Å². The second-order valence-corrected chi connectivity index (χ2v) is 5.61. The normalized spacial score (nSPS) is 19.4. The molecule has 0 amide bonds. The first-order chi connectivity index (χ1) is 9.15. The first-order valence-corrected chi connectivity index (χ1v) is 6.98. The summed E-state index contributed by atoms with van der Waals surface area (Å²) >= 11 is 0. The molecule has 0 aliphatic heterocycles. The van der Waals surface area contributed by atoms with Gasteiger partial charge in [-0.3, -0.25) is 4.68 Å². The monoisotopic (exact) mass is 255 g/mol. The maximum absolute atomic E-state index is 6.46. The lowest BCUT2D eigenvalue weighted by atomic mass is 9.91. The summed E-state index contributed by atoms with van der Waals surface area (Å²) in [6, 6.07) is 11.0. The molecular formula is C16H21N3. The van der Waals surface area contributed by atoms with Crippen LogP contribution in [-0.4, -0.2) is 15.8 Å². The molecule has 0 saturated heterocycles. The van der Waals surface area contributed by atoms with Gasteiger partial charge in [0.05, 0.1) is 5.69 Å². The van der Waals surface area contributed by atoms with Gasteiger partial charge >= 0.3 is 0 Å². The Bertz CT molecular complexity index is 585. The summed E-state index contributed by atoms with van der Waals surface area (Å²) in [5.41, 5.74) is 11.7. The fourth-order valence-electron chi connectivity index (χ4n) is 3.27. The van der Waals surface area contributed by atoms with Crippen LogP contribution in [-0.2, 0) is 19.9 Å². The van der Waals surface area contributed by atoms with Crippen LogP contribution in [0.15, 0.2) is 30.3 Å². The molecule has 0 bridgehead atoms. The highest BCUT2D eigenvalue weighted by Gasteiger charge is 2.27. The SMILES string of the molecule is Cc1cc(CC(N)C2CCc3ccccc32)n(C)n1. The lowest BCUT2D eigenvalue weighted by molar-refractivity contribution is 0.509. The fourth-order valence-corrected chi connectivity index (χ4v) is 3.27. The Morgan fingerprint density at radius 3 is 2.95 bits per heavy atom. The number of nitrogens with zero attached hydrogens (tertiary/aromatic N) is 2. The molecule has 0 saturated carbocycles. The number of aromatic nitrogens is 2. The third-order valence-electron chi connectivity index (χ3n) is 4.24. The average molecular weight is 255 g/mol. The van der Waals surface area contributed by atoms with Gasteiger partial charge in [-0.25, -0.2) is 0 Å². The Morgan fingerprint density at radius 2 is 2.21 bits per heavy atom. The van der Waals surface area contributed by atoms with E-state index in [-0.39, 0.29) is 6.04 Å². The van der Waals surface area contributed by atoms with E-state index in [1.54, 1.807) is 0 Å². The van der Waals surface area contributed by atoms with Crippen molar-refractivity contribution in [3.05, 3.63) is 52.8 Å². The molecule has 1 aromatic heterocycles. The average Bonchev–Trinajstić information content (AvgIpc) is 2.93. The van der Waals surface area contributed by atoms with Gasteiger partial charge in [0.25, 0.3) is 0 Å². The van der Waals surface area contributed by atoms with Crippen LogP contribution < -0.4 is 5.73 Å². The summed E-state index contributed by atoms with van der Waals surface area (Å²) in [4.78, 5) is 0. The van der Waals surface area contributed by atoms with Crippen molar-refractivity contribution in [2.24, 2.45) is 12.8 Å². The number of benzene rings is 1. The van der Waals surface area contributed by atoms with E-state index in [0.717, 1.165) is 12.1 Å². The Hall–Kier alpha value is -1.61. The van der Waals surface area contributed by atoms with Crippen molar-refractivity contribution < 1.29 is 0 Å². The molecule has 1 heterocycles. The number of aryl methyl sites for hydroxylation is 3. The van der Waals surface area contributed by atoms with Crippen molar-refractivity contribution in [2.45, 2.75) is 38.1 Å². The van der Waals surface area contributed by atoms with Crippen molar-refractivity contribution in [2.75, 3.05) is 0 Å². The molecule has 2 atom stereocenters. The first kappa shape index (κ1) is 12.4. The molecule has 3 heteroatoms. The molecule has 0 spiro atoms. The molecule has 0 fully saturated rings. The van der Waals surface area contributed by atoms with Crippen LogP contribution in [0.2, 0.25) is 0 Å². The minimum absolute atomic E-state index is 0.179. The summed E-state index contributed by atoms with van der Waals surface area (Å²) in [6.07, 6.45) is 3.24. The molecular weight excluding hydrogens is 234 g/mol. The van der Waals surface area contributed by atoms with Gasteiger partial charge in [-0.1, -0.05) is 24.3 Å². The fraction of sp³-hybridized carbons (Fsp3) is 0.438. The van der Waals surface area contributed by atoms with Gasteiger partial charge in [0.1, 0.15) is 0 Å². The van der Waals surface area contributed by atoms with E-state index in [2.05, 4.69) is 35.4 Å². The van der Waals surface area contributed by atoms with Gasteiger partial charge in [-0.2, -0.15) is 5.10 Å². The van der Waals surface area contributed by atoms with Crippen molar-refractivity contribution in [3.8, 4) is 0 Å². The predicted molar refractivity (Wildman–Crippen MR) is 77.1 cm³/mol. The van der Waals surface area contributed by atoms with Crippen LogP contribution in [0.25, 0.3) is 0 Å². The molecule has 100 valence electrons. The molecule has 3 rings (SSSR count). The maximum Gasteiger partial charge on any atom is 0.0596 e. The minimum Gasteiger partial charge on any atom is -0.327 e. The van der Waals surface area contributed by atoms with E-state index in [9.17, 15) is 0 Å². The number of rotatable bonds is 3. The van der Waals surface area contributed by atoms with Crippen LogP contribution in [0, 0.1) is 6.92 Å². The lowest BCUT2D eigenvalue weighted by Gasteiger charge is -2.20. The number of hydrogen-bond donors (Lipinski definition) is 1. The van der Waals surface area contributed by atoms with Crippen LogP contribution >= 0.6 is 0 Å². The standard InChI is InChI=1S/C16H21N3/c1-11-9-13(19(2)18-11)10-16(17)15-8-7-12-5-3-4-6-14(12)15/h3-6,9,15-16H,7-8,10,17H2,1-2H3. The highest BCUT2D eigenvalue weighted by atomic mass is 15.3. The second kappa shape index (κ2) is 4.82. The zero-order valence-electron chi connectivity index (χ0n) is 11.6. The highest BCUT2D eigenvalue weighted by Crippen LogP contribution is 2.35. The van der Waals surface area contributed by atoms with Gasteiger partial charge in [0.15, 0.2) is 0 Å². The Balaban J connectivity index is 1.79. The van der Waals surface area contributed by atoms with Gasteiger partial charge in [0, 0.05) is 25.2 Å². The van der Waals surface area contributed by atoms with Crippen molar-refractivity contribution >= 4 is 0 Å². The maximum atomic E-state index is 6.46. The minimum atomic E-state index is 0.179. The lowest BCUT2D eigenvalue weighted by Crippen LogP contribution is -2.30. The highest BCUT2D eigenvalue weighted by molar-refractivity contribution is 5.36. The zero-order valence-corrected chi connectivity index (χ0v) is 11.6. The van der Waals surface area contributed by atoms with E-state index in [4.69, 9.17) is 5.73 Å². The third-order valence-corrected chi connectivity index (χ3v) is 4.24. The summed E-state index contributed by atoms with van der Waals surface area (Å²) in [5, 5.41) is 4.40. The van der Waals surface area contributed by atoms with E-state index < -0.39 is 0 Å². The quantitative estimate of drug-likeness (QED) is 0.914. The van der Waals surface area contributed by atoms with E-state index in [0.29, 0.717) is 5.92 Å². The Kier molecular flexibility index (Phi) is 3.15. The molecule has 3 nitrogen and oxygen atoms in total. The van der Waals surface area contributed by atoms with Crippen LogP contribution in [0.4, 0.5) is 0 Å². The third kappa shape index (κ3) is 2.30. The molecule has 19 heavy (non-hydrogen) atoms. The second-order valence-electron chi connectivity index (χ2n) is 5.61. The predicted octanol–water partition coefficient (Wildman–Crippen LogP) is 2.33. The number of nitrogens with two attached hydrogens (primary N) is 1. The summed E-state index contributed by atoms with van der Waals surface area (Å²) in [5.74, 6) is 0.492. The number of hydrogen-bond acceptors (Lipinski definition) is 2. The van der Waals surface area contributed by atoms with Crippen LogP contribution in [0.5, 0.6) is 0 Å². The summed E-state index contributed by atoms with van der Waals surface area (Å²) in [7, 11) is 2.00. The summed E-state index contributed by atoms with van der Waals surface area (Å²) in [6.45, 7) is 2.03. The van der Waals surface area contributed by atoms with Crippen molar-refractivity contribution in [1.29, 1.82) is 0 Å². The van der Waals surface area contributed by atoms with Crippen molar-refractivity contribution in [1.82, 2.24) is 9.78 Å². The molecule has 2 unspecified atom stereocenters. The topological polar surface area (TPSA) is 43.8 Å². The van der Waals surface area contributed by atoms with Gasteiger partial charge in [-0.05, 0) is 42.9 Å². The van der Waals surface area contributed by atoms with Crippen LogP contribution in [0.3, 0.4) is 0 Å². The summed E-state index contributed by atoms with van der Waals surface area (Å²) < 4.78 is 1.95. The molecule has 2 N–H and O–H groups in total. The number of fused-ring (bicyclic) bond motifs is 1. The first-order valence-electron chi connectivity index (χ1n) is 6.98. The molecule has 1 aliphatic rings. The molecule has 1 aliphatic carbocycles. The van der Waals surface area contributed by atoms with Gasteiger partial charge in [-0.15, -0.1) is 0 Å². The van der Waals surface area contributed by atoms with Crippen molar-refractivity contribution in [3.63, 3.8) is 0 Å². The molecule has 2 aromatic rings. The molecule has 0 radical (unpaired) electrons. The molecule has 1 aromatic carbocycles. The van der Waals surface area contributed by atoms with Crippen LogP contribution in [0.1, 0.15) is 34.9 Å². The smallest absolute Gasteiger partial charge is 0.0596 e. The van der Waals surface area contributed by atoms with E-state index in [1.807, 2.05) is 18.7 Å². The van der Waals surface area contributed by atoms with E-state index >= 15 is 0 Å².